The van der Waals surface area contributed by atoms with Crippen molar-refractivity contribution in [1.82, 2.24) is 0 Å². The van der Waals surface area contributed by atoms with E-state index in [9.17, 15) is 4.79 Å². The van der Waals surface area contributed by atoms with E-state index in [1.807, 2.05) is 13.0 Å². The van der Waals surface area contributed by atoms with E-state index in [2.05, 4.69) is 11.3 Å². The molecular weight excluding hydrogens is 176 g/mol. The minimum absolute atomic E-state index is 0.179. The van der Waals surface area contributed by atoms with Crippen LogP contribution in [0.5, 0.6) is 0 Å². The Morgan fingerprint density at radius 3 is 2.75 bits per heavy atom. The van der Waals surface area contributed by atoms with Crippen molar-refractivity contribution < 1.29 is 9.53 Å². The highest BCUT2D eigenvalue weighted by Crippen LogP contribution is 2.12. The fourth-order valence-electron chi connectivity index (χ4n) is 0.653. The number of rotatable bonds is 5. The Balaban J connectivity index is 4.41. The van der Waals surface area contributed by atoms with Gasteiger partial charge >= 0.3 is 0 Å². The lowest BCUT2D eigenvalue weighted by molar-refractivity contribution is -0.127. The average molecular weight is 187 g/mol. The maximum absolute atomic E-state index is 9.89. The second-order valence-electron chi connectivity index (χ2n) is 1.98. The second-order valence-corrected chi connectivity index (χ2v) is 2.39. The van der Waals surface area contributed by atoms with Gasteiger partial charge in [0.15, 0.2) is 0 Å². The Labute approximate surface area is 77.2 Å². The molecule has 3 heteroatoms. The Hall–Kier alpha value is -1.02. The fourth-order valence-corrected chi connectivity index (χ4v) is 0.770. The average Bonchev–Trinajstić information content (AvgIpc) is 2.11. The summed E-state index contributed by atoms with van der Waals surface area (Å²) in [5.41, 5.74) is 0.737. The molecule has 0 atom stereocenters. The molecule has 0 aromatic heterocycles. The van der Waals surface area contributed by atoms with E-state index in [0.717, 1.165) is 5.57 Å². The molecule has 0 aliphatic rings. The van der Waals surface area contributed by atoms with Crippen LogP contribution in [0.25, 0.3) is 0 Å². The third kappa shape index (κ3) is 3.98. The Bertz CT molecular complexity index is 217. The van der Waals surface area contributed by atoms with Crippen molar-refractivity contribution in [2.45, 2.75) is 6.92 Å². The van der Waals surface area contributed by atoms with Gasteiger partial charge < -0.3 is 4.74 Å². The van der Waals surface area contributed by atoms with Crippen molar-refractivity contribution in [2.24, 2.45) is 0 Å². The third-order valence-corrected chi connectivity index (χ3v) is 1.56. The summed E-state index contributed by atoms with van der Waals surface area (Å²) < 4.78 is 4.55. The smallest absolute Gasteiger partial charge is 0.293 e. The van der Waals surface area contributed by atoms with E-state index in [-0.39, 0.29) is 6.61 Å². The van der Waals surface area contributed by atoms with Crippen LogP contribution in [-0.4, -0.2) is 13.1 Å². The highest BCUT2D eigenvalue weighted by molar-refractivity contribution is 6.31. The van der Waals surface area contributed by atoms with Gasteiger partial charge in [0.05, 0.1) is 0 Å². The molecule has 0 saturated carbocycles. The van der Waals surface area contributed by atoms with Crippen LogP contribution in [0.4, 0.5) is 0 Å². The van der Waals surface area contributed by atoms with E-state index < -0.39 is 0 Å². The van der Waals surface area contributed by atoms with Gasteiger partial charge in [0.1, 0.15) is 6.61 Å². The number of halogens is 1. The largest absolute Gasteiger partial charge is 0.463 e. The molecule has 0 radical (unpaired) electrons. The quantitative estimate of drug-likeness (QED) is 0.487. The van der Waals surface area contributed by atoms with Gasteiger partial charge in [0.25, 0.3) is 6.47 Å². The Morgan fingerprint density at radius 1 is 1.67 bits per heavy atom. The molecule has 0 fully saturated rings. The van der Waals surface area contributed by atoms with E-state index in [1.165, 1.54) is 6.08 Å². The van der Waals surface area contributed by atoms with Crippen molar-refractivity contribution in [1.29, 1.82) is 0 Å². The first-order valence-corrected chi connectivity index (χ1v) is 3.83. The summed E-state index contributed by atoms with van der Waals surface area (Å²) in [4.78, 5) is 9.89. The molecule has 0 spiro atoms. The summed E-state index contributed by atoms with van der Waals surface area (Å²) in [6.45, 7) is 5.92. The van der Waals surface area contributed by atoms with Crippen LogP contribution in [0.1, 0.15) is 6.92 Å². The molecule has 0 N–H and O–H groups in total. The van der Waals surface area contributed by atoms with Crippen LogP contribution in [0.3, 0.4) is 0 Å². The number of carbonyl (C=O) groups is 1. The van der Waals surface area contributed by atoms with Crippen LogP contribution < -0.4 is 0 Å². The molecule has 0 aliphatic carbocycles. The lowest BCUT2D eigenvalue weighted by Gasteiger charge is -2.01. The standard InChI is InChI=1S/C9H11ClO2/c1-3-5-8(6-12-7-11)9(10)4-2/h3-5,7H,2,6H2,1H3/b5-3-,9-8-. The summed E-state index contributed by atoms with van der Waals surface area (Å²) in [7, 11) is 0. The number of hydrogen-bond donors (Lipinski definition) is 0. The molecule has 0 bridgehead atoms. The summed E-state index contributed by atoms with van der Waals surface area (Å²) in [6.07, 6.45) is 5.09. The lowest BCUT2D eigenvalue weighted by Crippen LogP contribution is -1.95. The summed E-state index contributed by atoms with van der Waals surface area (Å²) in [5, 5.41) is 0.495. The molecular formula is C9H11ClO2. The van der Waals surface area contributed by atoms with Crippen LogP contribution in [0, 0.1) is 0 Å². The van der Waals surface area contributed by atoms with Gasteiger partial charge in [-0.05, 0) is 6.92 Å². The van der Waals surface area contributed by atoms with Gasteiger partial charge in [0.2, 0.25) is 0 Å². The normalized spacial score (nSPS) is 12.5. The van der Waals surface area contributed by atoms with Gasteiger partial charge in [-0.1, -0.05) is 36.4 Å². The maximum Gasteiger partial charge on any atom is 0.293 e. The Kier molecular flexibility index (Phi) is 6.11. The van der Waals surface area contributed by atoms with Crippen LogP contribution in [0.15, 0.2) is 35.4 Å². The van der Waals surface area contributed by atoms with Crippen LogP contribution in [-0.2, 0) is 9.53 Å². The minimum atomic E-state index is 0.179. The van der Waals surface area contributed by atoms with Crippen LogP contribution in [0.2, 0.25) is 0 Å². The molecule has 12 heavy (non-hydrogen) atoms. The molecule has 0 unspecified atom stereocenters. The first-order valence-electron chi connectivity index (χ1n) is 3.45. The van der Waals surface area contributed by atoms with Crippen molar-refractivity contribution in [3.8, 4) is 0 Å². The SMILES string of the molecule is C=C/C(Cl)=C(\C=C/C)COC=O. The zero-order valence-corrected chi connectivity index (χ0v) is 7.67. The molecule has 0 saturated heterocycles. The summed E-state index contributed by atoms with van der Waals surface area (Å²) in [6, 6.07) is 0. The molecule has 0 heterocycles. The number of hydrogen-bond acceptors (Lipinski definition) is 2. The molecule has 0 rings (SSSR count). The third-order valence-electron chi connectivity index (χ3n) is 1.16. The predicted octanol–water partition coefficient (Wildman–Crippen LogP) is 2.41. The molecule has 66 valence electrons. The maximum atomic E-state index is 9.89. The van der Waals surface area contributed by atoms with E-state index in [0.29, 0.717) is 11.5 Å². The molecule has 0 aliphatic heterocycles. The Morgan fingerprint density at radius 2 is 2.33 bits per heavy atom. The van der Waals surface area contributed by atoms with Gasteiger partial charge in [-0.3, -0.25) is 4.79 Å². The van der Waals surface area contributed by atoms with Crippen molar-refractivity contribution in [2.75, 3.05) is 6.61 Å². The first-order chi connectivity index (χ1) is 5.76. The molecule has 2 nitrogen and oxygen atoms in total. The zero-order valence-electron chi connectivity index (χ0n) is 6.92. The number of carbonyl (C=O) groups excluding carboxylic acids is 1. The molecule has 0 aromatic carbocycles. The minimum Gasteiger partial charge on any atom is -0.463 e. The van der Waals surface area contributed by atoms with Gasteiger partial charge in [0, 0.05) is 10.6 Å². The van der Waals surface area contributed by atoms with Crippen LogP contribution >= 0.6 is 11.6 Å². The first kappa shape index (κ1) is 11.0. The van der Waals surface area contributed by atoms with Crippen molar-refractivity contribution >= 4 is 18.1 Å². The van der Waals surface area contributed by atoms with E-state index >= 15 is 0 Å². The van der Waals surface area contributed by atoms with E-state index in [1.54, 1.807) is 6.08 Å². The van der Waals surface area contributed by atoms with E-state index in [4.69, 9.17) is 11.6 Å². The van der Waals surface area contributed by atoms with Crippen molar-refractivity contribution in [3.05, 3.63) is 35.4 Å². The van der Waals surface area contributed by atoms with Gasteiger partial charge in [-0.25, -0.2) is 0 Å². The zero-order chi connectivity index (χ0) is 9.40. The lowest BCUT2D eigenvalue weighted by atomic mass is 10.2. The fraction of sp³-hybridized carbons (Fsp3) is 0.222. The van der Waals surface area contributed by atoms with Gasteiger partial charge in [-0.2, -0.15) is 0 Å². The topological polar surface area (TPSA) is 26.3 Å². The molecule has 0 aromatic rings. The molecule has 0 amide bonds. The summed E-state index contributed by atoms with van der Waals surface area (Å²) >= 11 is 5.76. The monoisotopic (exact) mass is 186 g/mol. The van der Waals surface area contributed by atoms with Gasteiger partial charge in [-0.15, -0.1) is 0 Å². The summed E-state index contributed by atoms with van der Waals surface area (Å²) in [5.74, 6) is 0. The highest BCUT2D eigenvalue weighted by atomic mass is 35.5. The second kappa shape index (κ2) is 6.68. The highest BCUT2D eigenvalue weighted by Gasteiger charge is 1.97. The number of allylic oxidation sites excluding steroid dienone is 3. The van der Waals surface area contributed by atoms with Crippen molar-refractivity contribution in [3.63, 3.8) is 0 Å². The predicted molar refractivity (Wildman–Crippen MR) is 49.9 cm³/mol. The number of ether oxygens (including phenoxy) is 1.